The van der Waals surface area contributed by atoms with Crippen LogP contribution in [-0.2, 0) is 13.0 Å². The third kappa shape index (κ3) is 3.02. The fourth-order valence-corrected chi connectivity index (χ4v) is 2.67. The SMILES string of the molecule is CCc1c(C)c2ccc(OCc3ccc(F)cc3F)cc2oc1=O. The van der Waals surface area contributed by atoms with Crippen LogP contribution in [0.2, 0.25) is 0 Å². The quantitative estimate of drug-likeness (QED) is 0.660. The van der Waals surface area contributed by atoms with Gasteiger partial charge in [-0.05, 0) is 43.2 Å². The second-order valence-corrected chi connectivity index (χ2v) is 5.53. The molecule has 124 valence electrons. The zero-order valence-corrected chi connectivity index (χ0v) is 13.4. The molecule has 0 saturated carbocycles. The van der Waals surface area contributed by atoms with Gasteiger partial charge in [0.1, 0.15) is 29.6 Å². The summed E-state index contributed by atoms with van der Waals surface area (Å²) < 4.78 is 37.4. The van der Waals surface area contributed by atoms with Gasteiger partial charge in [0.05, 0.1) is 0 Å². The van der Waals surface area contributed by atoms with Crippen molar-refractivity contribution >= 4 is 11.0 Å². The summed E-state index contributed by atoms with van der Waals surface area (Å²) in [6, 6.07) is 8.47. The number of aryl methyl sites for hydroxylation is 1. The van der Waals surface area contributed by atoms with E-state index in [1.165, 1.54) is 12.1 Å². The van der Waals surface area contributed by atoms with E-state index in [2.05, 4.69) is 0 Å². The van der Waals surface area contributed by atoms with Gasteiger partial charge >= 0.3 is 5.63 Å². The van der Waals surface area contributed by atoms with E-state index in [0.717, 1.165) is 17.0 Å². The van der Waals surface area contributed by atoms with E-state index in [-0.39, 0.29) is 17.8 Å². The number of ether oxygens (including phenoxy) is 1. The van der Waals surface area contributed by atoms with Crippen LogP contribution in [0.15, 0.2) is 45.6 Å². The first kappa shape index (κ1) is 16.2. The lowest BCUT2D eigenvalue weighted by Gasteiger charge is -2.10. The van der Waals surface area contributed by atoms with Crippen molar-refractivity contribution in [3.05, 3.63) is 75.1 Å². The first-order valence-corrected chi connectivity index (χ1v) is 7.62. The van der Waals surface area contributed by atoms with E-state index in [1.807, 2.05) is 19.9 Å². The minimum absolute atomic E-state index is 0.0477. The summed E-state index contributed by atoms with van der Waals surface area (Å²) >= 11 is 0. The van der Waals surface area contributed by atoms with Crippen molar-refractivity contribution in [3.8, 4) is 5.75 Å². The zero-order valence-electron chi connectivity index (χ0n) is 13.4. The van der Waals surface area contributed by atoms with Gasteiger partial charge in [-0.15, -0.1) is 0 Å². The van der Waals surface area contributed by atoms with Gasteiger partial charge < -0.3 is 9.15 Å². The molecule has 0 bridgehead atoms. The van der Waals surface area contributed by atoms with Crippen molar-refractivity contribution in [2.24, 2.45) is 0 Å². The smallest absolute Gasteiger partial charge is 0.339 e. The number of hydrogen-bond donors (Lipinski definition) is 0. The molecule has 0 amide bonds. The van der Waals surface area contributed by atoms with Crippen LogP contribution in [0.25, 0.3) is 11.0 Å². The predicted octanol–water partition coefficient (Wildman–Crippen LogP) is 4.52. The van der Waals surface area contributed by atoms with E-state index in [4.69, 9.17) is 9.15 Å². The molecule has 3 nitrogen and oxygen atoms in total. The molecule has 0 atom stereocenters. The Labute approximate surface area is 137 Å². The van der Waals surface area contributed by atoms with Crippen molar-refractivity contribution in [3.63, 3.8) is 0 Å². The maximum atomic E-state index is 13.6. The van der Waals surface area contributed by atoms with Crippen molar-refractivity contribution in [2.45, 2.75) is 26.9 Å². The Kier molecular flexibility index (Phi) is 4.34. The van der Waals surface area contributed by atoms with Gasteiger partial charge in [0.25, 0.3) is 0 Å². The Bertz CT molecular complexity index is 961. The molecular weight excluding hydrogens is 314 g/mol. The van der Waals surface area contributed by atoms with Gasteiger partial charge in [-0.3, -0.25) is 0 Å². The molecule has 0 aliphatic heterocycles. The predicted molar refractivity (Wildman–Crippen MR) is 87.3 cm³/mol. The number of benzene rings is 2. The molecule has 5 heteroatoms. The van der Waals surface area contributed by atoms with Crippen LogP contribution in [0.5, 0.6) is 5.75 Å². The van der Waals surface area contributed by atoms with Crippen LogP contribution in [0.4, 0.5) is 8.78 Å². The van der Waals surface area contributed by atoms with E-state index < -0.39 is 11.6 Å². The zero-order chi connectivity index (χ0) is 17.3. The highest BCUT2D eigenvalue weighted by atomic mass is 19.1. The van der Waals surface area contributed by atoms with Crippen molar-refractivity contribution in [1.29, 1.82) is 0 Å². The molecule has 0 unspecified atom stereocenters. The molecule has 3 aromatic rings. The third-order valence-corrected chi connectivity index (χ3v) is 4.02. The fraction of sp³-hybridized carbons (Fsp3) is 0.211. The van der Waals surface area contributed by atoms with E-state index in [1.54, 1.807) is 12.1 Å². The van der Waals surface area contributed by atoms with Crippen LogP contribution in [0, 0.1) is 18.6 Å². The Balaban J connectivity index is 1.90. The van der Waals surface area contributed by atoms with Gasteiger partial charge in [0, 0.05) is 28.6 Å². The largest absolute Gasteiger partial charge is 0.489 e. The van der Waals surface area contributed by atoms with Crippen LogP contribution < -0.4 is 10.4 Å². The Hall–Kier alpha value is -2.69. The number of halogens is 2. The standard InChI is InChI=1S/C19H16F2O3/c1-3-15-11(2)16-7-6-14(9-18(16)24-19(15)22)23-10-12-4-5-13(20)8-17(12)21/h4-9H,3,10H2,1-2H3. The summed E-state index contributed by atoms with van der Waals surface area (Å²) in [7, 11) is 0. The highest BCUT2D eigenvalue weighted by molar-refractivity contribution is 5.82. The molecular formula is C19H16F2O3. The highest BCUT2D eigenvalue weighted by Crippen LogP contribution is 2.25. The molecule has 0 aliphatic rings. The van der Waals surface area contributed by atoms with E-state index in [9.17, 15) is 13.6 Å². The van der Waals surface area contributed by atoms with Gasteiger partial charge in [0.2, 0.25) is 0 Å². The first-order valence-electron chi connectivity index (χ1n) is 7.62. The molecule has 1 aromatic heterocycles. The van der Waals surface area contributed by atoms with Gasteiger partial charge in [0.15, 0.2) is 0 Å². The molecule has 3 rings (SSSR count). The lowest BCUT2D eigenvalue weighted by atomic mass is 10.0. The van der Waals surface area contributed by atoms with E-state index >= 15 is 0 Å². The van der Waals surface area contributed by atoms with Crippen LogP contribution in [0.1, 0.15) is 23.6 Å². The maximum absolute atomic E-state index is 13.6. The third-order valence-electron chi connectivity index (χ3n) is 4.02. The van der Waals surface area contributed by atoms with Crippen LogP contribution in [0.3, 0.4) is 0 Å². The molecule has 2 aromatic carbocycles. The van der Waals surface area contributed by atoms with Gasteiger partial charge in [-0.2, -0.15) is 0 Å². The molecule has 0 aliphatic carbocycles. The minimum Gasteiger partial charge on any atom is -0.489 e. The second kappa shape index (κ2) is 6.43. The average molecular weight is 330 g/mol. The summed E-state index contributed by atoms with van der Waals surface area (Å²) in [5, 5.41) is 0.840. The summed E-state index contributed by atoms with van der Waals surface area (Å²) in [4.78, 5) is 12.0. The topological polar surface area (TPSA) is 39.4 Å². The summed E-state index contributed by atoms with van der Waals surface area (Å²) in [6.07, 6.45) is 0.603. The molecule has 0 fully saturated rings. The van der Waals surface area contributed by atoms with Crippen LogP contribution in [-0.4, -0.2) is 0 Å². The average Bonchev–Trinajstić information content (AvgIpc) is 2.54. The van der Waals surface area contributed by atoms with Crippen molar-refractivity contribution < 1.29 is 17.9 Å². The van der Waals surface area contributed by atoms with E-state index in [0.29, 0.717) is 23.3 Å². The molecule has 0 radical (unpaired) electrons. The normalized spacial score (nSPS) is 11.0. The highest BCUT2D eigenvalue weighted by Gasteiger charge is 2.11. The molecule has 0 N–H and O–H groups in total. The number of hydrogen-bond acceptors (Lipinski definition) is 3. The van der Waals surface area contributed by atoms with Crippen molar-refractivity contribution in [2.75, 3.05) is 0 Å². The molecule has 24 heavy (non-hydrogen) atoms. The Morgan fingerprint density at radius 2 is 1.92 bits per heavy atom. The first-order chi connectivity index (χ1) is 11.5. The minimum atomic E-state index is -0.661. The molecule has 0 spiro atoms. The second-order valence-electron chi connectivity index (χ2n) is 5.53. The summed E-state index contributed by atoms with van der Waals surface area (Å²) in [6.45, 7) is 3.74. The fourth-order valence-electron chi connectivity index (χ4n) is 2.67. The summed E-state index contributed by atoms with van der Waals surface area (Å²) in [5.41, 5.74) is 1.86. The summed E-state index contributed by atoms with van der Waals surface area (Å²) in [5.74, 6) is -0.852. The van der Waals surface area contributed by atoms with Crippen LogP contribution >= 0.6 is 0 Å². The van der Waals surface area contributed by atoms with Gasteiger partial charge in [-0.25, -0.2) is 13.6 Å². The lowest BCUT2D eigenvalue weighted by Crippen LogP contribution is -2.09. The Morgan fingerprint density at radius 1 is 1.12 bits per heavy atom. The van der Waals surface area contributed by atoms with Gasteiger partial charge in [-0.1, -0.05) is 6.92 Å². The van der Waals surface area contributed by atoms with Crippen molar-refractivity contribution in [1.82, 2.24) is 0 Å². The maximum Gasteiger partial charge on any atom is 0.339 e. The Morgan fingerprint density at radius 3 is 2.62 bits per heavy atom. The molecule has 1 heterocycles. The number of fused-ring (bicyclic) bond motifs is 1. The molecule has 0 saturated heterocycles. The monoisotopic (exact) mass is 330 g/mol. The number of rotatable bonds is 4. The lowest BCUT2D eigenvalue weighted by molar-refractivity contribution is 0.299.